The molecule has 7 heteroatoms. The molecular formula is C19H20ClN3O3. The van der Waals surface area contributed by atoms with Gasteiger partial charge in [-0.15, -0.1) is 0 Å². The maximum atomic E-state index is 13.0. The van der Waals surface area contributed by atoms with Crippen molar-refractivity contribution < 1.29 is 14.7 Å². The first kappa shape index (κ1) is 17.1. The smallest absolute Gasteiger partial charge is 0.308 e. The van der Waals surface area contributed by atoms with Gasteiger partial charge in [0.1, 0.15) is 0 Å². The van der Waals surface area contributed by atoms with Crippen LogP contribution in [0.1, 0.15) is 28.9 Å². The van der Waals surface area contributed by atoms with E-state index in [1.165, 1.54) is 0 Å². The molecule has 1 aliphatic carbocycles. The molecule has 1 aliphatic heterocycles. The molecule has 2 aliphatic rings. The van der Waals surface area contributed by atoms with E-state index >= 15 is 0 Å². The minimum atomic E-state index is -0.805. The van der Waals surface area contributed by atoms with Gasteiger partial charge in [0.05, 0.1) is 34.1 Å². The van der Waals surface area contributed by atoms with Crippen molar-refractivity contribution in [3.63, 3.8) is 0 Å². The van der Waals surface area contributed by atoms with Gasteiger partial charge in [-0.05, 0) is 43.7 Å². The summed E-state index contributed by atoms with van der Waals surface area (Å²) in [5, 5.41) is 14.4. The first-order valence-corrected chi connectivity index (χ1v) is 9.16. The highest BCUT2D eigenvalue weighted by Crippen LogP contribution is 2.44. The van der Waals surface area contributed by atoms with Gasteiger partial charge < -0.3 is 10.0 Å². The molecule has 2 atom stereocenters. The maximum Gasteiger partial charge on any atom is 0.308 e. The van der Waals surface area contributed by atoms with E-state index in [-0.39, 0.29) is 18.4 Å². The van der Waals surface area contributed by atoms with Crippen molar-refractivity contribution >= 4 is 23.5 Å². The summed E-state index contributed by atoms with van der Waals surface area (Å²) in [7, 11) is 0. The Hall–Kier alpha value is -2.34. The molecule has 0 radical (unpaired) electrons. The molecule has 1 N–H and O–H groups in total. The Kier molecular flexibility index (Phi) is 4.23. The number of aliphatic carboxylic acids is 1. The van der Waals surface area contributed by atoms with Gasteiger partial charge in [-0.1, -0.05) is 23.7 Å². The molecule has 2 fully saturated rings. The standard InChI is InChI=1S/C19H20ClN3O3/c1-11-13(8-21-23(11)17-5-3-2-4-16(17)20)18(24)22-9-14(12-6-7-12)15(10-22)19(25)26/h2-5,8,12,14-15H,6-7,9-10H2,1H3,(H,25,26)/t14-,15+/m1/s1. The van der Waals surface area contributed by atoms with E-state index in [2.05, 4.69) is 5.10 Å². The van der Waals surface area contributed by atoms with Crippen molar-refractivity contribution in [2.75, 3.05) is 13.1 Å². The summed E-state index contributed by atoms with van der Waals surface area (Å²) >= 11 is 6.24. The van der Waals surface area contributed by atoms with Gasteiger partial charge in [-0.25, -0.2) is 4.68 Å². The van der Waals surface area contributed by atoms with E-state index in [9.17, 15) is 14.7 Å². The van der Waals surface area contributed by atoms with Gasteiger partial charge in [0.25, 0.3) is 5.91 Å². The summed E-state index contributed by atoms with van der Waals surface area (Å²) < 4.78 is 1.65. The van der Waals surface area contributed by atoms with Crippen molar-refractivity contribution in [1.82, 2.24) is 14.7 Å². The molecule has 136 valence electrons. The number of hydrogen-bond donors (Lipinski definition) is 1. The highest BCUT2D eigenvalue weighted by Gasteiger charge is 2.47. The number of nitrogens with zero attached hydrogens (tertiary/aromatic N) is 3. The molecule has 26 heavy (non-hydrogen) atoms. The minimum absolute atomic E-state index is 0.0652. The zero-order valence-electron chi connectivity index (χ0n) is 14.4. The Morgan fingerprint density at radius 2 is 1.96 bits per heavy atom. The highest BCUT2D eigenvalue weighted by molar-refractivity contribution is 6.32. The molecule has 4 rings (SSSR count). The monoisotopic (exact) mass is 373 g/mol. The van der Waals surface area contributed by atoms with Gasteiger partial charge in [-0.3, -0.25) is 9.59 Å². The Balaban J connectivity index is 1.60. The maximum absolute atomic E-state index is 13.0. The van der Waals surface area contributed by atoms with Crippen molar-refractivity contribution in [3.8, 4) is 5.69 Å². The summed E-state index contributed by atoms with van der Waals surface area (Å²) in [5.41, 5.74) is 1.90. The quantitative estimate of drug-likeness (QED) is 0.893. The molecule has 0 bridgehead atoms. The zero-order valence-corrected chi connectivity index (χ0v) is 15.2. The SMILES string of the molecule is Cc1c(C(=O)N2C[C@H](C(=O)O)[C@@H](C3CC3)C2)cnn1-c1ccccc1Cl. The van der Waals surface area contributed by atoms with Crippen molar-refractivity contribution in [2.24, 2.45) is 17.8 Å². The highest BCUT2D eigenvalue weighted by atomic mass is 35.5. The number of likely N-dealkylation sites (tertiary alicyclic amines) is 1. The number of carbonyl (C=O) groups is 2. The van der Waals surface area contributed by atoms with E-state index in [4.69, 9.17) is 11.6 Å². The molecule has 0 spiro atoms. The Labute approximate surface area is 156 Å². The summed E-state index contributed by atoms with van der Waals surface area (Å²) in [6, 6.07) is 7.32. The van der Waals surface area contributed by atoms with Crippen LogP contribution in [0.5, 0.6) is 0 Å². The first-order chi connectivity index (χ1) is 12.5. The van der Waals surface area contributed by atoms with Crippen LogP contribution in [0.4, 0.5) is 0 Å². The minimum Gasteiger partial charge on any atom is -0.481 e. The second-order valence-electron chi connectivity index (χ2n) is 7.16. The third kappa shape index (κ3) is 2.88. The third-order valence-corrected chi connectivity index (χ3v) is 5.84. The molecular weight excluding hydrogens is 354 g/mol. The number of aromatic nitrogens is 2. The summed E-state index contributed by atoms with van der Waals surface area (Å²) in [4.78, 5) is 26.2. The molecule has 2 heterocycles. The molecule has 1 amide bonds. The fraction of sp³-hybridized carbons (Fsp3) is 0.421. The number of benzene rings is 1. The molecule has 1 saturated heterocycles. The van der Waals surface area contributed by atoms with Crippen LogP contribution < -0.4 is 0 Å². The normalized spacial score (nSPS) is 22.6. The molecule has 1 saturated carbocycles. The summed E-state index contributed by atoms with van der Waals surface area (Å²) in [5.74, 6) is -0.919. The lowest BCUT2D eigenvalue weighted by Gasteiger charge is -2.16. The predicted octanol–water partition coefficient (Wildman–Crippen LogP) is 3.02. The predicted molar refractivity (Wildman–Crippen MR) is 96.6 cm³/mol. The molecule has 1 aromatic heterocycles. The van der Waals surface area contributed by atoms with Crippen molar-refractivity contribution in [3.05, 3.63) is 46.7 Å². The average molecular weight is 374 g/mol. The van der Waals surface area contributed by atoms with Gasteiger partial charge in [0.2, 0.25) is 0 Å². The number of carboxylic acid groups (broad SMARTS) is 1. The molecule has 2 aromatic rings. The van der Waals surface area contributed by atoms with E-state index < -0.39 is 11.9 Å². The average Bonchev–Trinajstić information content (AvgIpc) is 3.24. The fourth-order valence-electron chi connectivity index (χ4n) is 3.91. The van der Waals surface area contributed by atoms with E-state index in [0.29, 0.717) is 34.4 Å². The summed E-state index contributed by atoms with van der Waals surface area (Å²) in [6.45, 7) is 2.61. The second kappa shape index (κ2) is 6.43. The van der Waals surface area contributed by atoms with Crippen molar-refractivity contribution in [2.45, 2.75) is 19.8 Å². The number of halogens is 1. The second-order valence-corrected chi connectivity index (χ2v) is 7.57. The van der Waals surface area contributed by atoms with E-state index in [1.807, 2.05) is 25.1 Å². The molecule has 6 nitrogen and oxygen atoms in total. The number of hydrogen-bond acceptors (Lipinski definition) is 3. The van der Waals surface area contributed by atoms with Crippen LogP contribution in [0.15, 0.2) is 30.5 Å². The fourth-order valence-corrected chi connectivity index (χ4v) is 4.13. The van der Waals surface area contributed by atoms with Crippen LogP contribution in [0, 0.1) is 24.7 Å². The zero-order chi connectivity index (χ0) is 18.4. The number of para-hydroxylation sites is 1. The van der Waals surface area contributed by atoms with Gasteiger partial charge in [-0.2, -0.15) is 5.10 Å². The van der Waals surface area contributed by atoms with E-state index in [0.717, 1.165) is 12.8 Å². The van der Waals surface area contributed by atoms with Crippen molar-refractivity contribution in [1.29, 1.82) is 0 Å². The summed E-state index contributed by atoms with van der Waals surface area (Å²) in [6.07, 6.45) is 3.68. The van der Waals surface area contributed by atoms with Gasteiger partial charge in [0.15, 0.2) is 0 Å². The van der Waals surface area contributed by atoms with E-state index in [1.54, 1.807) is 21.8 Å². The Morgan fingerprint density at radius 1 is 1.23 bits per heavy atom. The van der Waals surface area contributed by atoms with Crippen LogP contribution in [0.2, 0.25) is 5.02 Å². The van der Waals surface area contributed by atoms with Crippen LogP contribution >= 0.6 is 11.6 Å². The number of amides is 1. The molecule has 1 aromatic carbocycles. The number of carboxylic acids is 1. The topological polar surface area (TPSA) is 75.4 Å². The third-order valence-electron chi connectivity index (χ3n) is 5.52. The van der Waals surface area contributed by atoms with Crippen LogP contribution in [-0.4, -0.2) is 44.8 Å². The Morgan fingerprint density at radius 3 is 2.62 bits per heavy atom. The van der Waals surface area contributed by atoms with Crippen LogP contribution in [0.25, 0.3) is 5.69 Å². The lowest BCUT2D eigenvalue weighted by Crippen LogP contribution is -2.30. The first-order valence-electron chi connectivity index (χ1n) is 8.79. The van der Waals surface area contributed by atoms with Gasteiger partial charge >= 0.3 is 5.97 Å². The van der Waals surface area contributed by atoms with Crippen LogP contribution in [0.3, 0.4) is 0 Å². The lowest BCUT2D eigenvalue weighted by molar-refractivity contribution is -0.142. The van der Waals surface area contributed by atoms with Gasteiger partial charge in [0, 0.05) is 13.1 Å². The number of carbonyl (C=O) groups excluding carboxylic acids is 1. The largest absolute Gasteiger partial charge is 0.481 e. The molecule has 0 unspecified atom stereocenters. The van der Waals surface area contributed by atoms with Crippen LogP contribution in [-0.2, 0) is 4.79 Å². The lowest BCUT2D eigenvalue weighted by atomic mass is 9.92. The number of rotatable bonds is 4. The Bertz CT molecular complexity index is 875.